The number of hydrogen-bond donors (Lipinski definition) is 2. The van der Waals surface area contributed by atoms with Gasteiger partial charge in [-0.2, -0.15) is 0 Å². The molecule has 92 valence electrons. The first-order valence-corrected chi connectivity index (χ1v) is 5.77. The summed E-state index contributed by atoms with van der Waals surface area (Å²) in [5.41, 5.74) is 9.17. The number of nitrogen functional groups attached to an aromatic ring is 1. The predicted octanol–water partition coefficient (Wildman–Crippen LogP) is 3.12. The zero-order valence-electron chi connectivity index (χ0n) is 10.1. The van der Waals surface area contributed by atoms with Gasteiger partial charge in [0.2, 0.25) is 0 Å². The van der Waals surface area contributed by atoms with Crippen molar-refractivity contribution in [3.05, 3.63) is 54.1 Å². The molecule has 0 fully saturated rings. The molecule has 0 amide bonds. The lowest BCUT2D eigenvalue weighted by atomic mass is 9.96. The van der Waals surface area contributed by atoms with Gasteiger partial charge in [-0.1, -0.05) is 42.5 Å². The molecule has 0 radical (unpaired) electrons. The highest BCUT2D eigenvalue weighted by Crippen LogP contribution is 2.28. The second-order valence-corrected chi connectivity index (χ2v) is 4.27. The fourth-order valence-corrected chi connectivity index (χ4v) is 1.91. The van der Waals surface area contributed by atoms with Gasteiger partial charge in [0.15, 0.2) is 0 Å². The molecule has 2 aromatic carbocycles. The van der Waals surface area contributed by atoms with Crippen molar-refractivity contribution in [1.29, 1.82) is 0 Å². The number of benzene rings is 2. The standard InChI is InChI=1S/C15H15NO2/c1-10(15(17)18)13-8-7-12(9-14(13)16)11-5-3-2-4-6-11/h2-10H,16H2,1H3,(H,17,18). The molecular formula is C15H15NO2. The van der Waals surface area contributed by atoms with Crippen molar-refractivity contribution >= 4 is 11.7 Å². The Labute approximate surface area is 106 Å². The highest BCUT2D eigenvalue weighted by molar-refractivity contribution is 5.79. The number of anilines is 1. The summed E-state index contributed by atoms with van der Waals surface area (Å²) in [5, 5.41) is 8.99. The molecule has 0 heterocycles. The molecule has 18 heavy (non-hydrogen) atoms. The predicted molar refractivity (Wildman–Crippen MR) is 72.3 cm³/mol. The van der Waals surface area contributed by atoms with E-state index in [-0.39, 0.29) is 0 Å². The normalized spacial score (nSPS) is 12.1. The van der Waals surface area contributed by atoms with Crippen LogP contribution in [0.1, 0.15) is 18.4 Å². The van der Waals surface area contributed by atoms with Crippen LogP contribution in [0.3, 0.4) is 0 Å². The molecular weight excluding hydrogens is 226 g/mol. The summed E-state index contributed by atoms with van der Waals surface area (Å²) < 4.78 is 0. The summed E-state index contributed by atoms with van der Waals surface area (Å²) in [6.45, 7) is 1.64. The van der Waals surface area contributed by atoms with Crippen LogP contribution < -0.4 is 5.73 Å². The summed E-state index contributed by atoms with van der Waals surface area (Å²) in [6.07, 6.45) is 0. The van der Waals surface area contributed by atoms with Gasteiger partial charge in [-0.05, 0) is 29.7 Å². The van der Waals surface area contributed by atoms with Gasteiger partial charge in [-0.15, -0.1) is 0 Å². The van der Waals surface area contributed by atoms with Crippen LogP contribution in [0.25, 0.3) is 11.1 Å². The average Bonchev–Trinajstić information content (AvgIpc) is 2.38. The first kappa shape index (κ1) is 12.2. The number of carboxylic acid groups (broad SMARTS) is 1. The average molecular weight is 241 g/mol. The van der Waals surface area contributed by atoms with E-state index in [1.54, 1.807) is 13.0 Å². The van der Waals surface area contributed by atoms with Gasteiger partial charge in [0.1, 0.15) is 0 Å². The third-order valence-electron chi connectivity index (χ3n) is 3.03. The maximum atomic E-state index is 11.0. The van der Waals surface area contributed by atoms with E-state index >= 15 is 0 Å². The van der Waals surface area contributed by atoms with Crippen LogP contribution in [-0.2, 0) is 4.79 Å². The van der Waals surface area contributed by atoms with E-state index in [1.807, 2.05) is 42.5 Å². The lowest BCUT2D eigenvalue weighted by Gasteiger charge is -2.11. The van der Waals surface area contributed by atoms with Crippen molar-refractivity contribution in [3.8, 4) is 11.1 Å². The summed E-state index contributed by atoms with van der Waals surface area (Å²) >= 11 is 0. The molecule has 0 aliphatic rings. The zero-order valence-corrected chi connectivity index (χ0v) is 10.1. The maximum Gasteiger partial charge on any atom is 0.310 e. The second kappa shape index (κ2) is 4.92. The SMILES string of the molecule is CC(C(=O)O)c1ccc(-c2ccccc2)cc1N. The lowest BCUT2D eigenvalue weighted by Crippen LogP contribution is -2.09. The Hall–Kier alpha value is -2.29. The molecule has 0 aromatic heterocycles. The number of carbonyl (C=O) groups is 1. The van der Waals surface area contributed by atoms with Gasteiger partial charge in [-0.3, -0.25) is 4.79 Å². The first-order chi connectivity index (χ1) is 8.59. The molecule has 0 saturated carbocycles. The Bertz CT molecular complexity index is 564. The highest BCUT2D eigenvalue weighted by atomic mass is 16.4. The summed E-state index contributed by atoms with van der Waals surface area (Å²) in [6, 6.07) is 15.4. The zero-order chi connectivity index (χ0) is 13.1. The number of rotatable bonds is 3. The Morgan fingerprint density at radius 1 is 1.11 bits per heavy atom. The Balaban J connectivity index is 2.40. The smallest absolute Gasteiger partial charge is 0.310 e. The van der Waals surface area contributed by atoms with E-state index in [0.717, 1.165) is 11.1 Å². The van der Waals surface area contributed by atoms with Gasteiger partial charge in [-0.25, -0.2) is 0 Å². The quantitative estimate of drug-likeness (QED) is 0.811. The van der Waals surface area contributed by atoms with E-state index in [0.29, 0.717) is 11.3 Å². The van der Waals surface area contributed by atoms with Crippen LogP contribution in [0.15, 0.2) is 48.5 Å². The van der Waals surface area contributed by atoms with Crippen molar-refractivity contribution in [2.75, 3.05) is 5.73 Å². The van der Waals surface area contributed by atoms with Crippen LogP contribution in [0.4, 0.5) is 5.69 Å². The maximum absolute atomic E-state index is 11.0. The van der Waals surface area contributed by atoms with Crippen LogP contribution in [0, 0.1) is 0 Å². The fraction of sp³-hybridized carbons (Fsp3) is 0.133. The largest absolute Gasteiger partial charge is 0.481 e. The Kier molecular flexibility index (Phi) is 3.33. The molecule has 2 rings (SSSR count). The summed E-state index contributed by atoms with van der Waals surface area (Å²) in [5.74, 6) is -1.45. The first-order valence-electron chi connectivity index (χ1n) is 5.77. The lowest BCUT2D eigenvalue weighted by molar-refractivity contribution is -0.138. The minimum Gasteiger partial charge on any atom is -0.481 e. The molecule has 0 spiro atoms. The summed E-state index contributed by atoms with van der Waals surface area (Å²) in [4.78, 5) is 11.0. The third-order valence-corrected chi connectivity index (χ3v) is 3.03. The van der Waals surface area contributed by atoms with Crippen molar-refractivity contribution in [2.45, 2.75) is 12.8 Å². The number of hydrogen-bond acceptors (Lipinski definition) is 2. The molecule has 3 N–H and O–H groups in total. The molecule has 0 saturated heterocycles. The van der Waals surface area contributed by atoms with Crippen LogP contribution >= 0.6 is 0 Å². The van der Waals surface area contributed by atoms with E-state index in [2.05, 4.69) is 0 Å². The summed E-state index contributed by atoms with van der Waals surface area (Å²) in [7, 11) is 0. The van der Waals surface area contributed by atoms with E-state index in [9.17, 15) is 4.79 Å². The van der Waals surface area contributed by atoms with Gasteiger partial charge in [0.05, 0.1) is 5.92 Å². The number of carboxylic acids is 1. The molecule has 1 unspecified atom stereocenters. The van der Waals surface area contributed by atoms with Gasteiger partial charge in [0.25, 0.3) is 0 Å². The molecule has 2 aromatic rings. The monoisotopic (exact) mass is 241 g/mol. The minimum atomic E-state index is -0.867. The van der Waals surface area contributed by atoms with Crippen molar-refractivity contribution in [3.63, 3.8) is 0 Å². The van der Waals surface area contributed by atoms with Gasteiger partial charge >= 0.3 is 5.97 Å². The van der Waals surface area contributed by atoms with E-state index in [1.165, 1.54) is 0 Å². The van der Waals surface area contributed by atoms with Crippen LogP contribution in [0.5, 0.6) is 0 Å². The number of nitrogens with two attached hydrogens (primary N) is 1. The van der Waals surface area contributed by atoms with Crippen LogP contribution in [0.2, 0.25) is 0 Å². The Morgan fingerprint density at radius 2 is 1.78 bits per heavy atom. The third kappa shape index (κ3) is 2.35. The van der Waals surface area contributed by atoms with Gasteiger partial charge < -0.3 is 10.8 Å². The van der Waals surface area contributed by atoms with Gasteiger partial charge in [0, 0.05) is 5.69 Å². The van der Waals surface area contributed by atoms with E-state index in [4.69, 9.17) is 10.8 Å². The minimum absolute atomic E-state index is 0.520. The molecule has 0 aliphatic heterocycles. The molecule has 3 heteroatoms. The molecule has 1 atom stereocenters. The molecule has 0 aliphatic carbocycles. The molecule has 3 nitrogen and oxygen atoms in total. The van der Waals surface area contributed by atoms with E-state index < -0.39 is 11.9 Å². The fourth-order valence-electron chi connectivity index (χ4n) is 1.91. The van der Waals surface area contributed by atoms with Crippen LogP contribution in [-0.4, -0.2) is 11.1 Å². The molecule has 0 bridgehead atoms. The van der Waals surface area contributed by atoms with Crippen molar-refractivity contribution in [1.82, 2.24) is 0 Å². The second-order valence-electron chi connectivity index (χ2n) is 4.27. The van der Waals surface area contributed by atoms with Crippen molar-refractivity contribution < 1.29 is 9.90 Å². The van der Waals surface area contributed by atoms with Crippen molar-refractivity contribution in [2.24, 2.45) is 0 Å². The Morgan fingerprint density at radius 3 is 2.33 bits per heavy atom. The number of aliphatic carboxylic acids is 1. The highest BCUT2D eigenvalue weighted by Gasteiger charge is 2.16. The topological polar surface area (TPSA) is 63.3 Å².